The lowest BCUT2D eigenvalue weighted by molar-refractivity contribution is -0.531. The van der Waals surface area contributed by atoms with Crippen LogP contribution in [0.4, 0.5) is 0 Å². The number of hydrogen-bond acceptors (Lipinski definition) is 6. The summed E-state index contributed by atoms with van der Waals surface area (Å²) in [5, 5.41) is 20.7. The van der Waals surface area contributed by atoms with Crippen LogP contribution in [0.1, 0.15) is 18.6 Å². The normalized spacial score (nSPS) is 13.5. The third-order valence-corrected chi connectivity index (χ3v) is 2.82. The second-order valence-corrected chi connectivity index (χ2v) is 3.93. The molecule has 0 unspecified atom stereocenters. The predicted molar refractivity (Wildman–Crippen MR) is 67.5 cm³/mol. The van der Waals surface area contributed by atoms with Crippen LogP contribution in [0.5, 0.6) is 17.2 Å². The third-order valence-electron chi connectivity index (χ3n) is 2.82. The first-order valence-corrected chi connectivity index (χ1v) is 5.57. The van der Waals surface area contributed by atoms with Crippen molar-refractivity contribution >= 4 is 0 Å². The topological polar surface area (TPSA) is 91.1 Å². The van der Waals surface area contributed by atoms with Crippen molar-refractivity contribution in [2.45, 2.75) is 19.1 Å². The minimum absolute atomic E-state index is 0.332. The molecule has 7 nitrogen and oxygen atoms in total. The van der Waals surface area contributed by atoms with Gasteiger partial charge in [-0.25, -0.2) is 0 Å². The molecular formula is C12H17NO6. The molecule has 0 fully saturated rings. The zero-order valence-electron chi connectivity index (χ0n) is 11.2. The molecule has 0 spiro atoms. The van der Waals surface area contributed by atoms with Gasteiger partial charge in [0.2, 0.25) is 11.8 Å². The highest BCUT2D eigenvalue weighted by Gasteiger charge is 2.28. The number of aliphatic hydroxyl groups is 1. The van der Waals surface area contributed by atoms with E-state index in [4.69, 9.17) is 14.2 Å². The third kappa shape index (κ3) is 3.05. The first kappa shape index (κ1) is 15.0. The number of ether oxygens (including phenoxy) is 3. The van der Waals surface area contributed by atoms with Crippen LogP contribution in [0.2, 0.25) is 0 Å². The van der Waals surface area contributed by atoms with Gasteiger partial charge in [-0.2, -0.15) is 0 Å². The number of hydrogen-bond donors (Lipinski definition) is 1. The van der Waals surface area contributed by atoms with Crippen molar-refractivity contribution < 1.29 is 24.2 Å². The molecule has 1 aromatic rings. The van der Waals surface area contributed by atoms with Crippen molar-refractivity contribution in [2.24, 2.45) is 0 Å². The Morgan fingerprint density at radius 2 is 1.63 bits per heavy atom. The summed E-state index contributed by atoms with van der Waals surface area (Å²) in [6.45, 7) is 1.33. The molecule has 19 heavy (non-hydrogen) atoms. The van der Waals surface area contributed by atoms with E-state index in [0.29, 0.717) is 22.8 Å². The van der Waals surface area contributed by atoms with Crippen LogP contribution in [-0.4, -0.2) is 37.4 Å². The Morgan fingerprint density at radius 1 is 1.16 bits per heavy atom. The van der Waals surface area contributed by atoms with Gasteiger partial charge in [-0.05, 0) is 17.7 Å². The Bertz CT molecular complexity index is 437. The van der Waals surface area contributed by atoms with Crippen molar-refractivity contribution in [1.29, 1.82) is 0 Å². The quantitative estimate of drug-likeness (QED) is 0.621. The lowest BCUT2D eigenvalue weighted by Crippen LogP contribution is -2.24. The van der Waals surface area contributed by atoms with Crippen LogP contribution in [0.25, 0.3) is 0 Å². The molecule has 1 rings (SSSR count). The smallest absolute Gasteiger partial charge is 0.239 e. The summed E-state index contributed by atoms with van der Waals surface area (Å²) in [7, 11) is 4.32. The summed E-state index contributed by atoms with van der Waals surface area (Å²) in [5.41, 5.74) is 0.332. The van der Waals surface area contributed by atoms with E-state index in [2.05, 4.69) is 0 Å². The zero-order valence-corrected chi connectivity index (χ0v) is 11.2. The fourth-order valence-electron chi connectivity index (χ4n) is 1.67. The molecule has 1 N–H and O–H groups in total. The van der Waals surface area contributed by atoms with E-state index in [0.717, 1.165) is 0 Å². The number of benzene rings is 1. The summed E-state index contributed by atoms with van der Waals surface area (Å²) in [5.74, 6) is 1.05. The maximum atomic E-state index is 10.7. The molecule has 0 saturated carbocycles. The highest BCUT2D eigenvalue weighted by Crippen LogP contribution is 2.40. The van der Waals surface area contributed by atoms with Gasteiger partial charge in [0.15, 0.2) is 11.5 Å². The average molecular weight is 271 g/mol. The van der Waals surface area contributed by atoms with E-state index in [-0.39, 0.29) is 0 Å². The lowest BCUT2D eigenvalue weighted by Gasteiger charge is -2.17. The van der Waals surface area contributed by atoms with Crippen LogP contribution in [0.3, 0.4) is 0 Å². The van der Waals surface area contributed by atoms with E-state index < -0.39 is 17.1 Å². The van der Waals surface area contributed by atoms with Crippen molar-refractivity contribution in [3.63, 3.8) is 0 Å². The van der Waals surface area contributed by atoms with E-state index >= 15 is 0 Å². The number of rotatable bonds is 6. The van der Waals surface area contributed by atoms with Gasteiger partial charge >= 0.3 is 0 Å². The fraction of sp³-hybridized carbons (Fsp3) is 0.500. The minimum Gasteiger partial charge on any atom is -0.493 e. The fourth-order valence-corrected chi connectivity index (χ4v) is 1.67. The monoisotopic (exact) mass is 271 g/mol. The molecule has 0 radical (unpaired) electrons. The second-order valence-electron chi connectivity index (χ2n) is 3.93. The first-order chi connectivity index (χ1) is 8.96. The van der Waals surface area contributed by atoms with Gasteiger partial charge in [0.05, 0.1) is 21.3 Å². The predicted octanol–water partition coefficient (Wildman–Crippen LogP) is 1.41. The zero-order chi connectivity index (χ0) is 14.6. The van der Waals surface area contributed by atoms with Crippen LogP contribution in [0.15, 0.2) is 12.1 Å². The van der Waals surface area contributed by atoms with Crippen molar-refractivity contribution in [3.8, 4) is 17.2 Å². The molecule has 106 valence electrons. The lowest BCUT2D eigenvalue weighted by atomic mass is 10.0. The summed E-state index contributed by atoms with van der Waals surface area (Å²) >= 11 is 0. The second kappa shape index (κ2) is 6.24. The van der Waals surface area contributed by atoms with Gasteiger partial charge in [-0.15, -0.1) is 0 Å². The summed E-state index contributed by atoms with van der Waals surface area (Å²) in [6.07, 6.45) is -1.26. The summed E-state index contributed by atoms with van der Waals surface area (Å²) in [6, 6.07) is 1.85. The van der Waals surface area contributed by atoms with Crippen molar-refractivity contribution in [1.82, 2.24) is 0 Å². The summed E-state index contributed by atoms with van der Waals surface area (Å²) < 4.78 is 15.4. The minimum atomic E-state index is -1.26. The van der Waals surface area contributed by atoms with Gasteiger partial charge in [0, 0.05) is 11.8 Å². The van der Waals surface area contributed by atoms with Crippen molar-refractivity contribution in [2.75, 3.05) is 21.3 Å². The molecule has 1 aromatic carbocycles. The number of aliphatic hydroxyl groups excluding tert-OH is 1. The molecule has 0 amide bonds. The van der Waals surface area contributed by atoms with Gasteiger partial charge in [-0.3, -0.25) is 10.1 Å². The molecule has 0 saturated heterocycles. The van der Waals surface area contributed by atoms with Gasteiger partial charge in [0.25, 0.3) is 0 Å². The molecule has 0 aliphatic heterocycles. The standard InChI is InChI=1S/C12H17NO6/c1-7(13(15)16)11(14)8-5-9(17-2)12(19-4)10(6-8)18-3/h5-7,11,14H,1-4H3/t7-,11+/m1/s1. The van der Waals surface area contributed by atoms with E-state index in [1.54, 1.807) is 0 Å². The maximum absolute atomic E-state index is 10.7. The maximum Gasteiger partial charge on any atom is 0.239 e. The molecule has 0 heterocycles. The van der Waals surface area contributed by atoms with Crippen LogP contribution in [0, 0.1) is 10.1 Å². The number of methoxy groups -OCH3 is 3. The molecule has 0 aliphatic rings. The van der Waals surface area contributed by atoms with Gasteiger partial charge < -0.3 is 19.3 Å². The Hall–Kier alpha value is -2.02. The summed E-state index contributed by atoms with van der Waals surface area (Å²) in [4.78, 5) is 10.2. The van der Waals surface area contributed by atoms with E-state index in [1.165, 1.54) is 40.4 Å². The highest BCUT2D eigenvalue weighted by molar-refractivity contribution is 5.54. The SMILES string of the molecule is COc1cc([C@@H](O)[C@@H](C)[N+](=O)[O-])cc(OC)c1OC. The van der Waals surface area contributed by atoms with Crippen molar-refractivity contribution in [3.05, 3.63) is 27.8 Å². The number of nitro groups is 1. The molecule has 0 bridgehead atoms. The molecule has 0 aromatic heterocycles. The number of nitrogens with zero attached hydrogens (tertiary/aromatic N) is 1. The Morgan fingerprint density at radius 3 is 1.95 bits per heavy atom. The highest BCUT2D eigenvalue weighted by atomic mass is 16.6. The van der Waals surface area contributed by atoms with Crippen LogP contribution in [-0.2, 0) is 0 Å². The van der Waals surface area contributed by atoms with Gasteiger partial charge in [-0.1, -0.05) is 0 Å². The Balaban J connectivity index is 3.26. The van der Waals surface area contributed by atoms with Gasteiger partial charge in [0.1, 0.15) is 6.10 Å². The molecule has 2 atom stereocenters. The van der Waals surface area contributed by atoms with Crippen LogP contribution >= 0.6 is 0 Å². The first-order valence-electron chi connectivity index (χ1n) is 5.57. The Labute approximate surface area is 110 Å². The van der Waals surface area contributed by atoms with Crippen LogP contribution < -0.4 is 14.2 Å². The molecule has 7 heteroatoms. The molecular weight excluding hydrogens is 254 g/mol. The molecule has 0 aliphatic carbocycles. The largest absolute Gasteiger partial charge is 0.493 e. The average Bonchev–Trinajstić information content (AvgIpc) is 2.43. The van der Waals surface area contributed by atoms with E-state index in [1.807, 2.05) is 0 Å². The Kier molecular flexibility index (Phi) is 4.94. The van der Waals surface area contributed by atoms with E-state index in [9.17, 15) is 15.2 Å².